The van der Waals surface area contributed by atoms with Crippen LogP contribution in [-0.4, -0.2) is 87.9 Å². The Bertz CT molecular complexity index is 1850. The van der Waals surface area contributed by atoms with Gasteiger partial charge in [-0.25, -0.2) is 9.78 Å². The summed E-state index contributed by atoms with van der Waals surface area (Å²) < 4.78 is 87.4. The molecule has 2 aliphatic rings. The molecule has 2 amide bonds. The number of carboxylic acids is 1. The number of alkyl halides is 6. The summed E-state index contributed by atoms with van der Waals surface area (Å²) in [5.41, 5.74) is -2.05. The molecule has 3 aromatic rings. The van der Waals surface area contributed by atoms with Crippen LogP contribution >= 0.6 is 24.0 Å². The summed E-state index contributed by atoms with van der Waals surface area (Å²) in [6, 6.07) is 8.55. The van der Waals surface area contributed by atoms with Crippen LogP contribution in [0.25, 0.3) is 17.2 Å². The van der Waals surface area contributed by atoms with Crippen molar-refractivity contribution in [1.29, 1.82) is 0 Å². The SMILES string of the molecule is O=C(CCN1C(=O)/C(=C/c2cc(-c3cc(C(F)(F)F)cc(C(F)(F)F)c3)ccc2NCCN2CCOCC2)SC1=S)NCc1ccnc(C(=O)O)c1. The second-order valence-electron chi connectivity index (χ2n) is 11.7. The maximum absolute atomic E-state index is 13.6. The number of nitrogens with one attached hydrogen (secondary N) is 2. The lowest BCUT2D eigenvalue weighted by atomic mass is 9.97. The van der Waals surface area contributed by atoms with E-state index in [2.05, 4.69) is 20.5 Å². The van der Waals surface area contributed by atoms with Crippen molar-refractivity contribution in [2.24, 2.45) is 0 Å². The lowest BCUT2D eigenvalue weighted by Crippen LogP contribution is -2.39. The zero-order chi connectivity index (χ0) is 37.6. The van der Waals surface area contributed by atoms with E-state index >= 15 is 0 Å². The Labute approximate surface area is 303 Å². The van der Waals surface area contributed by atoms with Crippen molar-refractivity contribution in [3.63, 3.8) is 0 Å². The summed E-state index contributed by atoms with van der Waals surface area (Å²) in [5.74, 6) is -2.19. The zero-order valence-corrected chi connectivity index (χ0v) is 28.8. The van der Waals surface area contributed by atoms with Gasteiger partial charge >= 0.3 is 18.3 Å². The normalized spacial score (nSPS) is 16.4. The smallest absolute Gasteiger partial charge is 0.416 e. The minimum Gasteiger partial charge on any atom is -0.477 e. The number of ether oxygens (including phenoxy) is 1. The van der Waals surface area contributed by atoms with Gasteiger partial charge in [-0.2, -0.15) is 26.3 Å². The van der Waals surface area contributed by atoms with Crippen LogP contribution in [0.4, 0.5) is 32.0 Å². The molecule has 2 fully saturated rings. The van der Waals surface area contributed by atoms with E-state index in [1.807, 2.05) is 0 Å². The number of carbonyl (C=O) groups is 3. The second kappa shape index (κ2) is 16.4. The van der Waals surface area contributed by atoms with Crippen molar-refractivity contribution in [3.05, 3.63) is 87.6 Å². The van der Waals surface area contributed by atoms with Crippen LogP contribution in [0, 0.1) is 0 Å². The van der Waals surface area contributed by atoms with E-state index in [0.29, 0.717) is 55.3 Å². The van der Waals surface area contributed by atoms with Gasteiger partial charge in [0.25, 0.3) is 5.91 Å². The van der Waals surface area contributed by atoms with Gasteiger partial charge < -0.3 is 20.5 Å². The fraction of sp³-hybridized carbons (Fsp3) is 0.324. The maximum atomic E-state index is 13.6. The molecule has 0 radical (unpaired) electrons. The van der Waals surface area contributed by atoms with Gasteiger partial charge in [-0.3, -0.25) is 19.4 Å². The van der Waals surface area contributed by atoms with Crippen LogP contribution in [0.3, 0.4) is 0 Å². The fourth-order valence-electron chi connectivity index (χ4n) is 5.36. The van der Waals surface area contributed by atoms with E-state index in [1.165, 1.54) is 41.4 Å². The zero-order valence-electron chi connectivity index (χ0n) is 27.1. The number of rotatable bonds is 12. The van der Waals surface area contributed by atoms with Crippen LogP contribution in [-0.2, 0) is 33.2 Å². The second-order valence-corrected chi connectivity index (χ2v) is 13.4. The summed E-state index contributed by atoms with van der Waals surface area (Å²) in [4.78, 5) is 44.4. The van der Waals surface area contributed by atoms with Gasteiger partial charge in [0, 0.05) is 57.6 Å². The van der Waals surface area contributed by atoms with Crippen LogP contribution in [0.5, 0.6) is 0 Å². The number of hydrogen-bond donors (Lipinski definition) is 3. The highest BCUT2D eigenvalue weighted by Gasteiger charge is 2.37. The molecule has 5 rings (SSSR count). The summed E-state index contributed by atoms with van der Waals surface area (Å²) in [6.07, 6.45) is -7.45. The Hall–Kier alpha value is -4.52. The summed E-state index contributed by atoms with van der Waals surface area (Å²) in [5, 5.41) is 15.0. The van der Waals surface area contributed by atoms with E-state index in [4.69, 9.17) is 22.1 Å². The van der Waals surface area contributed by atoms with Crippen molar-refractivity contribution in [2.45, 2.75) is 25.3 Å². The van der Waals surface area contributed by atoms with Crippen LogP contribution in [0.15, 0.2) is 59.6 Å². The minimum atomic E-state index is -5.03. The molecule has 18 heteroatoms. The Kier molecular flexibility index (Phi) is 12.2. The van der Waals surface area contributed by atoms with E-state index in [1.54, 1.807) is 6.07 Å². The molecule has 276 valence electrons. The van der Waals surface area contributed by atoms with E-state index in [-0.39, 0.29) is 51.6 Å². The first-order valence-electron chi connectivity index (χ1n) is 15.8. The third kappa shape index (κ3) is 10.1. The highest BCUT2D eigenvalue weighted by Crippen LogP contribution is 2.40. The first-order valence-corrected chi connectivity index (χ1v) is 17.0. The van der Waals surface area contributed by atoms with Gasteiger partial charge in [-0.1, -0.05) is 30.0 Å². The van der Waals surface area contributed by atoms with Crippen LogP contribution in [0.2, 0.25) is 0 Å². The van der Waals surface area contributed by atoms with Crippen molar-refractivity contribution in [2.75, 3.05) is 51.3 Å². The average molecular weight is 768 g/mol. The van der Waals surface area contributed by atoms with E-state index in [0.717, 1.165) is 24.9 Å². The number of carbonyl (C=O) groups excluding carboxylic acids is 2. The first-order chi connectivity index (χ1) is 24.6. The Balaban J connectivity index is 1.36. The molecular weight excluding hydrogens is 737 g/mol. The largest absolute Gasteiger partial charge is 0.477 e. The van der Waals surface area contributed by atoms with Gasteiger partial charge in [-0.05, 0) is 70.8 Å². The monoisotopic (exact) mass is 767 g/mol. The number of hydrogen-bond acceptors (Lipinski definition) is 9. The highest BCUT2D eigenvalue weighted by molar-refractivity contribution is 8.26. The van der Waals surface area contributed by atoms with Gasteiger partial charge in [0.2, 0.25) is 5.91 Å². The summed E-state index contributed by atoms with van der Waals surface area (Å²) in [7, 11) is 0. The molecule has 0 atom stereocenters. The number of aromatic carboxylic acids is 1. The molecule has 0 bridgehead atoms. The molecule has 3 N–H and O–H groups in total. The molecule has 0 spiro atoms. The van der Waals surface area contributed by atoms with Gasteiger partial charge in [0.15, 0.2) is 0 Å². The van der Waals surface area contributed by atoms with E-state index in [9.17, 15) is 40.7 Å². The molecule has 0 aliphatic carbocycles. The molecule has 10 nitrogen and oxygen atoms in total. The molecule has 0 unspecified atom stereocenters. The van der Waals surface area contributed by atoms with Crippen molar-refractivity contribution < 1.29 is 50.6 Å². The molecule has 2 saturated heterocycles. The van der Waals surface area contributed by atoms with Gasteiger partial charge in [-0.15, -0.1) is 0 Å². The topological polar surface area (TPSA) is 124 Å². The third-order valence-corrected chi connectivity index (χ3v) is 9.45. The number of morpholine rings is 1. The van der Waals surface area contributed by atoms with E-state index < -0.39 is 41.3 Å². The number of thioether (sulfide) groups is 1. The Morgan fingerprint density at radius 2 is 1.65 bits per heavy atom. The predicted octanol–water partition coefficient (Wildman–Crippen LogP) is 6.14. The maximum Gasteiger partial charge on any atom is 0.416 e. The number of benzene rings is 2. The Morgan fingerprint density at radius 1 is 0.962 bits per heavy atom. The summed E-state index contributed by atoms with van der Waals surface area (Å²) >= 11 is 6.35. The molecule has 2 aliphatic heterocycles. The Morgan fingerprint density at radius 3 is 2.31 bits per heavy atom. The lowest BCUT2D eigenvalue weighted by Gasteiger charge is -2.26. The average Bonchev–Trinajstić information content (AvgIpc) is 3.37. The standard InChI is InChI=1S/C34H31F6N5O5S2/c35-33(36,37)24-15-22(16-25(18-24)34(38,39)40)21-1-2-26(42-6-8-44-9-11-50-12-10-44)23(14-21)17-28-30(47)45(32(51)52-28)7-4-29(46)43-19-20-3-5-41-27(13-20)31(48)49/h1-3,5,13-18,42H,4,6-12,19H2,(H,43,46)(H,48,49)/b28-17-. The number of anilines is 1. The molecule has 0 saturated carbocycles. The number of carboxylic acid groups (broad SMARTS) is 1. The van der Waals surface area contributed by atoms with Crippen LogP contribution in [0.1, 0.15) is 39.2 Å². The molecule has 2 aromatic carbocycles. The number of pyridine rings is 1. The number of halogens is 6. The minimum absolute atomic E-state index is 0.0218. The van der Waals surface area contributed by atoms with Crippen LogP contribution < -0.4 is 10.6 Å². The summed E-state index contributed by atoms with van der Waals surface area (Å²) in [6.45, 7) is 3.61. The van der Waals surface area contributed by atoms with Gasteiger partial charge in [0.05, 0.1) is 29.2 Å². The van der Waals surface area contributed by atoms with Gasteiger partial charge in [0.1, 0.15) is 10.0 Å². The predicted molar refractivity (Wildman–Crippen MR) is 185 cm³/mol. The molecule has 3 heterocycles. The lowest BCUT2D eigenvalue weighted by molar-refractivity contribution is -0.143. The molecular formula is C34H31F6N5O5S2. The van der Waals surface area contributed by atoms with Crippen molar-refractivity contribution in [3.8, 4) is 11.1 Å². The number of thiocarbonyl (C=S) groups is 1. The third-order valence-electron chi connectivity index (χ3n) is 8.08. The highest BCUT2D eigenvalue weighted by atomic mass is 32.2. The number of aromatic nitrogens is 1. The fourth-order valence-corrected chi connectivity index (χ4v) is 6.65. The number of amides is 2. The molecule has 52 heavy (non-hydrogen) atoms. The molecule has 1 aromatic heterocycles. The van der Waals surface area contributed by atoms with Crippen molar-refractivity contribution in [1.82, 2.24) is 20.1 Å². The first kappa shape index (κ1) is 38.7. The van der Waals surface area contributed by atoms with Crippen molar-refractivity contribution >= 4 is 57.8 Å². The number of nitrogens with zero attached hydrogens (tertiary/aromatic N) is 3. The quantitative estimate of drug-likeness (QED) is 0.113.